The molecule has 0 spiro atoms. The Balaban J connectivity index is 2.07. The fraction of sp³-hybridized carbons (Fsp3) is 0.231. The molecule has 2 aromatic rings. The Morgan fingerprint density at radius 2 is 2.13 bits per heavy atom. The Hall–Kier alpha value is -1.12. The molecule has 0 radical (unpaired) electrons. The van der Waals surface area contributed by atoms with E-state index in [1.165, 1.54) is 15.6 Å². The topological polar surface area (TPSA) is 12.0 Å². The number of nitrogens with one attached hydrogen (secondary N) is 1. The van der Waals surface area contributed by atoms with Crippen LogP contribution in [0.5, 0.6) is 0 Å². The minimum absolute atomic E-state index is 0.506. The normalized spacial score (nSPS) is 20.9. The number of hydrogen-bond acceptors (Lipinski definition) is 2. The van der Waals surface area contributed by atoms with E-state index in [1.54, 1.807) is 0 Å². The third-order valence-corrected chi connectivity index (χ3v) is 3.89. The van der Waals surface area contributed by atoms with Crippen molar-refractivity contribution in [1.29, 1.82) is 0 Å². The molecule has 0 saturated carbocycles. The molecule has 0 aliphatic carbocycles. The van der Waals surface area contributed by atoms with Crippen LogP contribution in [0, 0.1) is 0 Å². The van der Waals surface area contributed by atoms with E-state index in [0.29, 0.717) is 6.04 Å². The van der Waals surface area contributed by atoms with Crippen LogP contribution in [-0.4, -0.2) is 6.54 Å². The van der Waals surface area contributed by atoms with E-state index in [4.69, 9.17) is 0 Å². The first-order chi connectivity index (χ1) is 7.45. The molecule has 1 aromatic heterocycles. The van der Waals surface area contributed by atoms with Gasteiger partial charge < -0.3 is 5.32 Å². The van der Waals surface area contributed by atoms with Gasteiger partial charge in [-0.2, -0.15) is 0 Å². The van der Waals surface area contributed by atoms with Crippen LogP contribution in [0.15, 0.2) is 41.8 Å². The van der Waals surface area contributed by atoms with E-state index in [-0.39, 0.29) is 0 Å². The lowest BCUT2D eigenvalue weighted by Gasteiger charge is -2.19. The van der Waals surface area contributed by atoms with Crippen molar-refractivity contribution >= 4 is 21.4 Å². The van der Waals surface area contributed by atoms with Crippen LogP contribution < -0.4 is 5.32 Å². The molecule has 2 heteroatoms. The standard InChI is InChI=1S/C13H13NS/c1-2-7-13-10(5-1)11(9-15-13)12-6-3-4-8-14-12/h1-5,7,9,12,14H,6,8H2. The van der Waals surface area contributed by atoms with Crippen LogP contribution in [0.1, 0.15) is 18.0 Å². The van der Waals surface area contributed by atoms with Crippen molar-refractivity contribution in [1.82, 2.24) is 5.32 Å². The molecule has 2 heterocycles. The molecule has 1 unspecified atom stereocenters. The molecule has 0 amide bonds. The summed E-state index contributed by atoms with van der Waals surface area (Å²) >= 11 is 1.84. The first-order valence-corrected chi connectivity index (χ1v) is 6.17. The largest absolute Gasteiger partial charge is 0.306 e. The second kappa shape index (κ2) is 3.80. The lowest BCUT2D eigenvalue weighted by atomic mass is 10.0. The molecule has 0 bridgehead atoms. The maximum absolute atomic E-state index is 3.53. The van der Waals surface area contributed by atoms with Gasteiger partial charge in [0.05, 0.1) is 0 Å². The van der Waals surface area contributed by atoms with E-state index in [9.17, 15) is 0 Å². The Morgan fingerprint density at radius 1 is 1.20 bits per heavy atom. The zero-order valence-corrected chi connectivity index (χ0v) is 9.26. The first-order valence-electron chi connectivity index (χ1n) is 5.29. The molecule has 0 fully saturated rings. The van der Waals surface area contributed by atoms with Crippen molar-refractivity contribution < 1.29 is 0 Å². The molecule has 1 N–H and O–H groups in total. The van der Waals surface area contributed by atoms with Gasteiger partial charge in [-0.3, -0.25) is 0 Å². The van der Waals surface area contributed by atoms with Gasteiger partial charge in [0.2, 0.25) is 0 Å². The molecule has 15 heavy (non-hydrogen) atoms. The van der Waals surface area contributed by atoms with Gasteiger partial charge in [0.25, 0.3) is 0 Å². The van der Waals surface area contributed by atoms with Crippen LogP contribution >= 0.6 is 11.3 Å². The Kier molecular flexibility index (Phi) is 2.31. The molecule has 3 rings (SSSR count). The van der Waals surface area contributed by atoms with E-state index >= 15 is 0 Å². The van der Waals surface area contributed by atoms with Crippen molar-refractivity contribution in [3.63, 3.8) is 0 Å². The first kappa shape index (κ1) is 9.13. The summed E-state index contributed by atoms with van der Waals surface area (Å²) in [6, 6.07) is 9.16. The summed E-state index contributed by atoms with van der Waals surface area (Å²) in [6.07, 6.45) is 5.58. The molecule has 1 aliphatic heterocycles. The van der Waals surface area contributed by atoms with E-state index in [0.717, 1.165) is 13.0 Å². The summed E-state index contributed by atoms with van der Waals surface area (Å²) in [5, 5.41) is 7.24. The zero-order valence-electron chi connectivity index (χ0n) is 8.44. The third kappa shape index (κ3) is 1.60. The van der Waals surface area contributed by atoms with E-state index in [1.807, 2.05) is 11.3 Å². The maximum atomic E-state index is 3.53. The highest BCUT2D eigenvalue weighted by Crippen LogP contribution is 2.32. The zero-order chi connectivity index (χ0) is 10.1. The highest BCUT2D eigenvalue weighted by molar-refractivity contribution is 7.17. The third-order valence-electron chi connectivity index (χ3n) is 2.91. The fourth-order valence-electron chi connectivity index (χ4n) is 2.11. The van der Waals surface area contributed by atoms with Crippen LogP contribution in [0.2, 0.25) is 0 Å². The maximum Gasteiger partial charge on any atom is 0.0372 e. The highest BCUT2D eigenvalue weighted by atomic mass is 32.1. The monoisotopic (exact) mass is 215 g/mol. The van der Waals surface area contributed by atoms with Crippen LogP contribution in [0.4, 0.5) is 0 Å². The average molecular weight is 215 g/mol. The van der Waals surface area contributed by atoms with Gasteiger partial charge in [0, 0.05) is 17.3 Å². The molecule has 0 saturated heterocycles. The lowest BCUT2D eigenvalue weighted by Crippen LogP contribution is -2.23. The average Bonchev–Trinajstić information content (AvgIpc) is 2.74. The lowest BCUT2D eigenvalue weighted by molar-refractivity contribution is 0.559. The number of thiophene rings is 1. The molecule has 76 valence electrons. The second-order valence-corrected chi connectivity index (χ2v) is 4.77. The SMILES string of the molecule is C1=CCC(c2csc3ccccc23)NC1. The van der Waals surface area contributed by atoms with Crippen molar-refractivity contribution in [3.8, 4) is 0 Å². The minimum atomic E-state index is 0.506. The summed E-state index contributed by atoms with van der Waals surface area (Å²) in [5.74, 6) is 0. The number of fused-ring (bicyclic) bond motifs is 1. The molecular formula is C13H13NS. The number of benzene rings is 1. The highest BCUT2D eigenvalue weighted by Gasteiger charge is 2.15. The van der Waals surface area contributed by atoms with Gasteiger partial charge in [-0.05, 0) is 28.8 Å². The molecule has 1 aliphatic rings. The van der Waals surface area contributed by atoms with Crippen LogP contribution in [0.25, 0.3) is 10.1 Å². The van der Waals surface area contributed by atoms with E-state index in [2.05, 4.69) is 47.1 Å². The molecular weight excluding hydrogens is 202 g/mol. The predicted molar refractivity (Wildman–Crippen MR) is 66.3 cm³/mol. The Morgan fingerprint density at radius 3 is 3.00 bits per heavy atom. The second-order valence-electron chi connectivity index (χ2n) is 3.86. The van der Waals surface area contributed by atoms with Crippen molar-refractivity contribution in [3.05, 3.63) is 47.4 Å². The van der Waals surface area contributed by atoms with Gasteiger partial charge in [-0.25, -0.2) is 0 Å². The summed E-state index contributed by atoms with van der Waals surface area (Å²) in [5.41, 5.74) is 1.46. The Bertz CT molecular complexity index is 498. The van der Waals surface area contributed by atoms with Crippen molar-refractivity contribution in [2.45, 2.75) is 12.5 Å². The quantitative estimate of drug-likeness (QED) is 0.718. The van der Waals surface area contributed by atoms with Gasteiger partial charge in [0.15, 0.2) is 0 Å². The molecule has 1 aromatic carbocycles. The van der Waals surface area contributed by atoms with Gasteiger partial charge >= 0.3 is 0 Å². The van der Waals surface area contributed by atoms with Gasteiger partial charge in [-0.15, -0.1) is 11.3 Å². The van der Waals surface area contributed by atoms with Gasteiger partial charge in [0.1, 0.15) is 0 Å². The molecule has 1 nitrogen and oxygen atoms in total. The summed E-state index contributed by atoms with van der Waals surface area (Å²) in [6.45, 7) is 0.995. The summed E-state index contributed by atoms with van der Waals surface area (Å²) in [7, 11) is 0. The Labute approximate surface area is 93.4 Å². The van der Waals surface area contributed by atoms with Crippen LogP contribution in [0.3, 0.4) is 0 Å². The summed E-state index contributed by atoms with van der Waals surface area (Å²) < 4.78 is 1.39. The number of hydrogen-bond donors (Lipinski definition) is 1. The smallest absolute Gasteiger partial charge is 0.0372 e. The molecule has 1 atom stereocenters. The number of rotatable bonds is 1. The van der Waals surface area contributed by atoms with Crippen LogP contribution in [-0.2, 0) is 0 Å². The summed E-state index contributed by atoms with van der Waals surface area (Å²) in [4.78, 5) is 0. The minimum Gasteiger partial charge on any atom is -0.306 e. The predicted octanol–water partition coefficient (Wildman–Crippen LogP) is 3.49. The van der Waals surface area contributed by atoms with E-state index < -0.39 is 0 Å². The van der Waals surface area contributed by atoms with Crippen molar-refractivity contribution in [2.75, 3.05) is 6.54 Å². The van der Waals surface area contributed by atoms with Gasteiger partial charge in [-0.1, -0.05) is 30.4 Å². The van der Waals surface area contributed by atoms with Crippen molar-refractivity contribution in [2.24, 2.45) is 0 Å². The fourth-order valence-corrected chi connectivity index (χ4v) is 3.13.